The van der Waals surface area contributed by atoms with Crippen molar-refractivity contribution in [2.75, 3.05) is 19.7 Å². The van der Waals surface area contributed by atoms with Crippen LogP contribution in [0.2, 0.25) is 0 Å². The maximum absolute atomic E-state index is 13.6. The molecule has 2 unspecified atom stereocenters. The number of amides is 2. The topological polar surface area (TPSA) is 216 Å². The summed E-state index contributed by atoms with van der Waals surface area (Å²) in [7, 11) is 1.45. The van der Waals surface area contributed by atoms with Gasteiger partial charge in [0.05, 0.1) is 18.2 Å². The molecule has 1 aromatic carbocycles. The molecule has 0 aliphatic carbocycles. The molecular weight excluding hydrogens is 544 g/mol. The molecule has 1 fully saturated rings. The van der Waals surface area contributed by atoms with E-state index < -0.39 is 35.8 Å². The fourth-order valence-corrected chi connectivity index (χ4v) is 6.39. The first-order valence-electron chi connectivity index (χ1n) is 13.8. The van der Waals surface area contributed by atoms with Crippen molar-refractivity contribution >= 4 is 23.7 Å². The lowest BCUT2D eigenvalue weighted by molar-refractivity contribution is -0.513. The van der Waals surface area contributed by atoms with Gasteiger partial charge in [-0.05, 0) is 24.0 Å². The number of benzene rings is 1. The van der Waals surface area contributed by atoms with Crippen LogP contribution >= 0.6 is 0 Å². The Kier molecular flexibility index (Phi) is 6.36. The molecule has 9 N–H and O–H groups in total. The van der Waals surface area contributed by atoms with E-state index in [4.69, 9.17) is 16.2 Å². The van der Waals surface area contributed by atoms with Crippen molar-refractivity contribution in [3.63, 3.8) is 0 Å². The van der Waals surface area contributed by atoms with Gasteiger partial charge in [-0.1, -0.05) is 26.0 Å². The smallest absolute Gasteiger partial charge is 0.343 e. The van der Waals surface area contributed by atoms with E-state index in [-0.39, 0.29) is 47.6 Å². The summed E-state index contributed by atoms with van der Waals surface area (Å²) in [6, 6.07) is 6.09. The van der Waals surface area contributed by atoms with E-state index in [1.165, 1.54) is 19.2 Å². The Morgan fingerprint density at radius 2 is 2.02 bits per heavy atom. The number of aliphatic hydroxyl groups is 1. The second-order valence-corrected chi connectivity index (χ2v) is 11.7. The van der Waals surface area contributed by atoms with E-state index in [1.54, 1.807) is 11.0 Å². The average molecular weight is 580 g/mol. The zero-order valence-corrected chi connectivity index (χ0v) is 23.5. The number of para-hydroxylation sites is 1. The van der Waals surface area contributed by atoms with Crippen LogP contribution in [0.5, 0.6) is 5.75 Å². The third-order valence-electron chi connectivity index (χ3n) is 8.68. The molecule has 4 aliphatic heterocycles. The van der Waals surface area contributed by atoms with Crippen LogP contribution in [0, 0.1) is 0 Å². The third kappa shape index (κ3) is 4.22. The molecule has 1 saturated heterocycles. The van der Waals surface area contributed by atoms with Gasteiger partial charge < -0.3 is 31.1 Å². The number of rotatable bonds is 5. The number of aliphatic hydroxyl groups excluding tert-OH is 1. The number of hydrogen-bond donors (Lipinski definition) is 7. The maximum atomic E-state index is 13.6. The first-order valence-corrected chi connectivity index (χ1v) is 13.8. The molecular formula is C27H35N10O5+. The van der Waals surface area contributed by atoms with Crippen LogP contribution in [-0.2, 0) is 12.5 Å². The van der Waals surface area contributed by atoms with E-state index in [0.29, 0.717) is 17.9 Å². The summed E-state index contributed by atoms with van der Waals surface area (Å²) in [5.74, 6) is -0.0196. The zero-order chi connectivity index (χ0) is 30.0. The standard InChI is InChI=1S/C27H34N10O5/c1-26(2)9-10-42-19-13(5-4-6-14(19)26)22(40)31-17-12-37-25(29)32-16(20-27(37,21(17)39)34-24(28)33-20)11-30-23(41)15-7-8-18(38)36(3)35-15/h4-8,16-17,20-21,39H,9-12H2,1-3H3,(H2,29,32)(H,30,41)(H,31,40)(H3,28,33,34)/p+1/t16-,17?,20-,21+,27?/m0/s1. The van der Waals surface area contributed by atoms with Crippen molar-refractivity contribution in [2.24, 2.45) is 23.5 Å². The number of ether oxygens (including phenoxy) is 1. The van der Waals surface area contributed by atoms with Crippen LogP contribution in [0.25, 0.3) is 0 Å². The summed E-state index contributed by atoms with van der Waals surface area (Å²) >= 11 is 0. The Labute approximate surface area is 241 Å². The predicted molar refractivity (Wildman–Crippen MR) is 151 cm³/mol. The summed E-state index contributed by atoms with van der Waals surface area (Å²) in [4.78, 5) is 47.4. The number of carbonyl (C=O) groups is 2. The van der Waals surface area contributed by atoms with Crippen LogP contribution in [0.1, 0.15) is 46.7 Å². The number of hydrogen-bond acceptors (Lipinski definition) is 11. The second-order valence-electron chi connectivity index (χ2n) is 11.7. The molecule has 42 heavy (non-hydrogen) atoms. The highest BCUT2D eigenvalue weighted by Gasteiger charge is 2.68. The maximum Gasteiger partial charge on any atom is 0.343 e. The Morgan fingerprint density at radius 1 is 1.24 bits per heavy atom. The van der Waals surface area contributed by atoms with E-state index in [2.05, 4.69) is 44.9 Å². The van der Waals surface area contributed by atoms with Crippen molar-refractivity contribution in [3.05, 3.63) is 57.5 Å². The minimum absolute atomic E-state index is 0.0271. The van der Waals surface area contributed by atoms with Gasteiger partial charge in [-0.2, -0.15) is 5.10 Å². The monoisotopic (exact) mass is 579 g/mol. The van der Waals surface area contributed by atoms with E-state index in [0.717, 1.165) is 16.7 Å². The number of fused-ring (bicyclic) bond motifs is 1. The Balaban J connectivity index is 1.22. The van der Waals surface area contributed by atoms with Crippen molar-refractivity contribution < 1.29 is 24.4 Å². The third-order valence-corrected chi connectivity index (χ3v) is 8.68. The van der Waals surface area contributed by atoms with Gasteiger partial charge >= 0.3 is 5.96 Å². The molecule has 15 heteroatoms. The number of guanidine groups is 2. The fourth-order valence-electron chi connectivity index (χ4n) is 6.39. The minimum Gasteiger partial charge on any atom is -0.492 e. The quantitative estimate of drug-likeness (QED) is 0.181. The van der Waals surface area contributed by atoms with Crippen LogP contribution in [0.4, 0.5) is 0 Å². The lowest BCUT2D eigenvalue weighted by atomic mass is 9.79. The molecule has 6 rings (SSSR count). The summed E-state index contributed by atoms with van der Waals surface area (Å²) in [5.41, 5.74) is 12.3. The number of nitrogens with one attached hydrogen (secondary N) is 4. The van der Waals surface area contributed by atoms with Crippen LogP contribution in [-0.4, -0.2) is 93.1 Å². The Hall–Kier alpha value is -4.66. The zero-order valence-electron chi connectivity index (χ0n) is 23.5. The van der Waals surface area contributed by atoms with Gasteiger partial charge in [0, 0.05) is 31.8 Å². The summed E-state index contributed by atoms with van der Waals surface area (Å²) < 4.78 is 7.00. The average Bonchev–Trinajstić information content (AvgIpc) is 3.44. The largest absolute Gasteiger partial charge is 0.492 e. The lowest BCUT2D eigenvalue weighted by Gasteiger charge is -2.43. The molecule has 222 valence electrons. The normalized spacial score (nSPS) is 28.7. The number of carbonyl (C=O) groups excluding carboxylic acids is 2. The van der Waals surface area contributed by atoms with Crippen LogP contribution in [0.15, 0.2) is 40.1 Å². The molecule has 5 atom stereocenters. The molecule has 0 bridgehead atoms. The van der Waals surface area contributed by atoms with Crippen molar-refractivity contribution in [2.45, 2.75) is 55.6 Å². The second kappa shape index (κ2) is 9.72. The fraction of sp³-hybridized carbons (Fsp3) is 0.481. The van der Waals surface area contributed by atoms with Gasteiger partial charge in [0.25, 0.3) is 17.4 Å². The summed E-state index contributed by atoms with van der Waals surface area (Å²) in [6.45, 7) is 4.92. The molecule has 4 aliphatic rings. The van der Waals surface area contributed by atoms with E-state index in [1.807, 2.05) is 12.1 Å². The molecule has 1 spiro atoms. The van der Waals surface area contributed by atoms with Gasteiger partial charge in [-0.25, -0.2) is 15.0 Å². The highest BCUT2D eigenvalue weighted by atomic mass is 16.5. The number of nitrogens with zero attached hydrogens (tertiary/aromatic N) is 4. The van der Waals surface area contributed by atoms with E-state index >= 15 is 0 Å². The molecule has 15 nitrogen and oxygen atoms in total. The number of aliphatic imine (C=N–C) groups is 1. The number of aryl methyl sites for hydroxylation is 1. The first kappa shape index (κ1) is 27.5. The van der Waals surface area contributed by atoms with Crippen LogP contribution in [0.3, 0.4) is 0 Å². The van der Waals surface area contributed by atoms with Crippen molar-refractivity contribution in [1.29, 1.82) is 0 Å². The first-order chi connectivity index (χ1) is 19.9. The summed E-state index contributed by atoms with van der Waals surface area (Å²) in [5, 5.41) is 24.6. The number of aromatic nitrogens is 2. The van der Waals surface area contributed by atoms with Gasteiger partial charge in [0.2, 0.25) is 5.66 Å². The molecule has 2 aromatic rings. The molecule has 5 heterocycles. The van der Waals surface area contributed by atoms with Crippen molar-refractivity contribution in [1.82, 2.24) is 30.6 Å². The number of nitrogens with two attached hydrogens (primary N) is 2. The van der Waals surface area contributed by atoms with Crippen molar-refractivity contribution in [3.8, 4) is 5.75 Å². The van der Waals surface area contributed by atoms with Gasteiger partial charge in [-0.3, -0.25) is 25.1 Å². The molecule has 0 saturated carbocycles. The SMILES string of the molecule is Cn1nc(C(=O)NC[C@@H]2N=C(N)N3CC(NC(=O)c4cccc5c4OCCC5(C)C)[C@@H](O)C34NC(N)=[NH+][C@@H]24)ccc1=O. The highest BCUT2D eigenvalue weighted by Crippen LogP contribution is 2.41. The highest BCUT2D eigenvalue weighted by molar-refractivity contribution is 5.98. The van der Waals surface area contributed by atoms with Crippen LogP contribution < -0.4 is 42.7 Å². The van der Waals surface area contributed by atoms with Gasteiger partial charge in [0.1, 0.15) is 23.6 Å². The molecule has 2 amide bonds. The lowest BCUT2D eigenvalue weighted by Crippen LogP contribution is -2.88. The minimum atomic E-state index is -1.24. The Bertz CT molecular complexity index is 1590. The molecule has 1 aromatic heterocycles. The Morgan fingerprint density at radius 3 is 2.79 bits per heavy atom. The van der Waals surface area contributed by atoms with Gasteiger partial charge in [0.15, 0.2) is 12.0 Å². The van der Waals surface area contributed by atoms with Gasteiger partial charge in [-0.15, -0.1) is 0 Å². The van der Waals surface area contributed by atoms with E-state index in [9.17, 15) is 19.5 Å². The summed E-state index contributed by atoms with van der Waals surface area (Å²) in [6.07, 6.45) is -0.335. The molecule has 0 radical (unpaired) electrons. The predicted octanol–water partition coefficient (Wildman–Crippen LogP) is -4.19.